The highest BCUT2D eigenvalue weighted by Gasteiger charge is 2.48. The van der Waals surface area contributed by atoms with Gasteiger partial charge in [0.1, 0.15) is 0 Å². The third-order valence-corrected chi connectivity index (χ3v) is 4.35. The fourth-order valence-corrected chi connectivity index (χ4v) is 4.01. The first-order valence-electron chi connectivity index (χ1n) is 5.21. The van der Waals surface area contributed by atoms with Gasteiger partial charge in [-0.05, 0) is 25.2 Å². The van der Waals surface area contributed by atoms with Gasteiger partial charge in [0.05, 0.1) is 12.1 Å². The van der Waals surface area contributed by atoms with E-state index in [2.05, 4.69) is 0 Å². The molecule has 0 unspecified atom stereocenters. The van der Waals surface area contributed by atoms with E-state index in [0.29, 0.717) is 12.5 Å². The molecule has 0 aromatic heterocycles. The van der Waals surface area contributed by atoms with Crippen molar-refractivity contribution in [2.45, 2.75) is 45.3 Å². The van der Waals surface area contributed by atoms with E-state index in [-0.39, 0.29) is 12.1 Å². The maximum Gasteiger partial charge on any atom is 0.339 e. The van der Waals surface area contributed by atoms with Crippen molar-refractivity contribution >= 4 is 10.3 Å². The molecule has 1 aliphatic carbocycles. The number of fused-ring (bicyclic) bond motifs is 1. The van der Waals surface area contributed by atoms with Crippen LogP contribution in [0.5, 0.6) is 0 Å². The summed E-state index contributed by atoms with van der Waals surface area (Å²) < 4.78 is 29.9. The Balaban J connectivity index is 2.18. The highest BCUT2D eigenvalue weighted by molar-refractivity contribution is 7.84. The van der Waals surface area contributed by atoms with Gasteiger partial charge in [-0.15, -0.1) is 0 Å². The molecule has 1 heterocycles. The predicted octanol–water partition coefficient (Wildman–Crippen LogP) is 1.14. The zero-order valence-electron chi connectivity index (χ0n) is 8.64. The first kappa shape index (κ1) is 10.4. The standard InChI is InChI=1S/C9H17NO3S/c1-7(2)6-10-8-4-3-5-9(8)13-14(10,11)12/h7-9H,3-6H2,1-2H3/t8-,9-/m0/s1. The zero-order chi connectivity index (χ0) is 10.3. The van der Waals surface area contributed by atoms with Crippen molar-refractivity contribution in [2.24, 2.45) is 5.92 Å². The molecule has 2 rings (SSSR count). The summed E-state index contributed by atoms with van der Waals surface area (Å²) in [6.45, 7) is 4.64. The second-order valence-electron chi connectivity index (χ2n) is 4.55. The Kier molecular flexibility index (Phi) is 2.57. The Morgan fingerprint density at radius 3 is 2.79 bits per heavy atom. The van der Waals surface area contributed by atoms with E-state index in [1.165, 1.54) is 0 Å². The van der Waals surface area contributed by atoms with Gasteiger partial charge in [-0.3, -0.25) is 4.18 Å². The largest absolute Gasteiger partial charge is 0.339 e. The van der Waals surface area contributed by atoms with Crippen LogP contribution in [-0.4, -0.2) is 31.4 Å². The quantitative estimate of drug-likeness (QED) is 0.699. The fraction of sp³-hybridized carbons (Fsp3) is 1.00. The number of nitrogens with zero attached hydrogens (tertiary/aromatic N) is 1. The van der Waals surface area contributed by atoms with Crippen molar-refractivity contribution in [1.29, 1.82) is 0 Å². The molecule has 1 saturated heterocycles. The van der Waals surface area contributed by atoms with Crippen LogP contribution in [0.25, 0.3) is 0 Å². The van der Waals surface area contributed by atoms with Gasteiger partial charge in [0.25, 0.3) is 0 Å². The van der Waals surface area contributed by atoms with E-state index in [1.807, 2.05) is 13.8 Å². The number of rotatable bonds is 2. The Hall–Kier alpha value is -0.130. The maximum absolute atomic E-state index is 11.6. The van der Waals surface area contributed by atoms with Gasteiger partial charge in [0.2, 0.25) is 0 Å². The summed E-state index contributed by atoms with van der Waals surface area (Å²) in [4.78, 5) is 0. The molecule has 2 aliphatic rings. The van der Waals surface area contributed by atoms with E-state index in [4.69, 9.17) is 4.18 Å². The number of hydrogen-bond acceptors (Lipinski definition) is 3. The first-order chi connectivity index (χ1) is 6.50. The minimum atomic E-state index is -3.41. The van der Waals surface area contributed by atoms with Crippen LogP contribution >= 0.6 is 0 Å². The van der Waals surface area contributed by atoms with Gasteiger partial charge < -0.3 is 0 Å². The van der Waals surface area contributed by atoms with Gasteiger partial charge in [0.15, 0.2) is 0 Å². The van der Waals surface area contributed by atoms with Crippen molar-refractivity contribution in [3.8, 4) is 0 Å². The monoisotopic (exact) mass is 219 g/mol. The molecule has 0 aromatic rings. The summed E-state index contributed by atoms with van der Waals surface area (Å²) in [5.41, 5.74) is 0. The lowest BCUT2D eigenvalue weighted by molar-refractivity contribution is 0.217. The Morgan fingerprint density at radius 1 is 1.43 bits per heavy atom. The maximum atomic E-state index is 11.6. The van der Waals surface area contributed by atoms with Crippen molar-refractivity contribution in [3.05, 3.63) is 0 Å². The van der Waals surface area contributed by atoms with Gasteiger partial charge in [-0.1, -0.05) is 13.8 Å². The SMILES string of the molecule is CC(C)CN1[C@H]2CCC[C@@H]2OS1(=O)=O. The molecule has 0 spiro atoms. The molecular formula is C9H17NO3S. The minimum Gasteiger partial charge on any atom is -0.253 e. The fourth-order valence-electron chi connectivity index (χ4n) is 2.31. The topological polar surface area (TPSA) is 46.6 Å². The molecule has 0 radical (unpaired) electrons. The molecule has 0 aromatic carbocycles. The molecule has 0 amide bonds. The molecule has 2 fully saturated rings. The molecule has 1 aliphatic heterocycles. The Bertz CT molecular complexity index is 312. The van der Waals surface area contributed by atoms with Crippen molar-refractivity contribution in [1.82, 2.24) is 4.31 Å². The van der Waals surface area contributed by atoms with E-state index >= 15 is 0 Å². The van der Waals surface area contributed by atoms with Crippen LogP contribution in [-0.2, 0) is 14.5 Å². The van der Waals surface area contributed by atoms with Crippen molar-refractivity contribution in [3.63, 3.8) is 0 Å². The van der Waals surface area contributed by atoms with Crippen LogP contribution in [0.15, 0.2) is 0 Å². The van der Waals surface area contributed by atoms with Crippen LogP contribution in [0.2, 0.25) is 0 Å². The van der Waals surface area contributed by atoms with E-state index in [0.717, 1.165) is 19.3 Å². The molecule has 82 valence electrons. The highest BCUT2D eigenvalue weighted by atomic mass is 32.2. The summed E-state index contributed by atoms with van der Waals surface area (Å²) >= 11 is 0. The van der Waals surface area contributed by atoms with Crippen LogP contribution in [0.1, 0.15) is 33.1 Å². The van der Waals surface area contributed by atoms with Crippen LogP contribution in [0.4, 0.5) is 0 Å². The highest BCUT2D eigenvalue weighted by Crippen LogP contribution is 2.36. The van der Waals surface area contributed by atoms with Crippen LogP contribution < -0.4 is 0 Å². The van der Waals surface area contributed by atoms with Gasteiger partial charge in [-0.25, -0.2) is 0 Å². The first-order valence-corrected chi connectivity index (χ1v) is 6.57. The second-order valence-corrected chi connectivity index (χ2v) is 6.07. The average molecular weight is 219 g/mol. The number of hydrogen-bond donors (Lipinski definition) is 0. The van der Waals surface area contributed by atoms with Crippen LogP contribution in [0, 0.1) is 5.92 Å². The summed E-state index contributed by atoms with van der Waals surface area (Å²) in [5.74, 6) is 0.354. The smallest absolute Gasteiger partial charge is 0.253 e. The molecule has 0 N–H and O–H groups in total. The molecule has 2 atom stereocenters. The predicted molar refractivity (Wildman–Crippen MR) is 53.0 cm³/mol. The third kappa shape index (κ3) is 1.68. The Labute approximate surface area is 85.5 Å². The lowest BCUT2D eigenvalue weighted by Crippen LogP contribution is -2.36. The summed E-state index contributed by atoms with van der Waals surface area (Å²) in [6, 6.07) is 0.113. The molecule has 1 saturated carbocycles. The normalized spacial score (nSPS) is 36.5. The minimum absolute atomic E-state index is 0.0706. The lowest BCUT2D eigenvalue weighted by Gasteiger charge is -2.20. The molecule has 4 nitrogen and oxygen atoms in total. The molecular weight excluding hydrogens is 202 g/mol. The third-order valence-electron chi connectivity index (χ3n) is 2.87. The summed E-state index contributed by atoms with van der Waals surface area (Å²) in [6.07, 6.45) is 2.85. The van der Waals surface area contributed by atoms with Crippen molar-refractivity contribution in [2.75, 3.05) is 6.54 Å². The average Bonchev–Trinajstić information content (AvgIpc) is 2.53. The Morgan fingerprint density at radius 2 is 2.14 bits per heavy atom. The van der Waals surface area contributed by atoms with E-state index in [9.17, 15) is 8.42 Å². The van der Waals surface area contributed by atoms with Gasteiger partial charge in [0, 0.05) is 6.54 Å². The van der Waals surface area contributed by atoms with Gasteiger partial charge in [-0.2, -0.15) is 12.7 Å². The van der Waals surface area contributed by atoms with Crippen molar-refractivity contribution < 1.29 is 12.6 Å². The summed E-state index contributed by atoms with van der Waals surface area (Å²) in [5, 5.41) is 0. The molecule has 5 heteroatoms. The van der Waals surface area contributed by atoms with Crippen LogP contribution in [0.3, 0.4) is 0 Å². The van der Waals surface area contributed by atoms with Gasteiger partial charge >= 0.3 is 10.3 Å². The zero-order valence-corrected chi connectivity index (χ0v) is 9.46. The van der Waals surface area contributed by atoms with E-state index < -0.39 is 10.3 Å². The van der Waals surface area contributed by atoms with E-state index in [1.54, 1.807) is 4.31 Å². The second kappa shape index (κ2) is 3.47. The molecule has 0 bridgehead atoms. The molecule has 14 heavy (non-hydrogen) atoms. The lowest BCUT2D eigenvalue weighted by atomic mass is 10.1. The summed E-state index contributed by atoms with van der Waals surface area (Å²) in [7, 11) is -3.41.